The molecule has 0 amide bonds. The monoisotopic (exact) mass is 746 g/mol. The number of fused-ring (bicyclic) bond motifs is 2. The van der Waals surface area contributed by atoms with E-state index in [0.717, 1.165) is 13.1 Å². The summed E-state index contributed by atoms with van der Waals surface area (Å²) < 4.78 is 38.8. The second-order valence-corrected chi connectivity index (χ2v) is 15.0. The fraction of sp³-hybridized carbons (Fsp3) is 0.425. The number of ketones is 1. The number of aliphatic hydroxyl groups is 3. The number of para-hydroxylation sites is 2. The van der Waals surface area contributed by atoms with Crippen LogP contribution in [0, 0.1) is 35.3 Å². The molecule has 4 aliphatic rings. The van der Waals surface area contributed by atoms with Gasteiger partial charge in [0, 0.05) is 58.4 Å². The minimum atomic E-state index is -1.37. The molecule has 4 heterocycles. The number of ether oxygens (including phenoxy) is 2. The first-order valence-corrected chi connectivity index (χ1v) is 18.1. The number of hydrogen-bond acceptors (Lipinski definition) is 12. The summed E-state index contributed by atoms with van der Waals surface area (Å²) in [6.07, 6.45) is 3.54. The summed E-state index contributed by atoms with van der Waals surface area (Å²) in [6.45, 7) is 3.52. The number of carbonyl (C=O) groups excluding carboxylic acids is 1. The van der Waals surface area contributed by atoms with Crippen molar-refractivity contribution in [2.75, 3.05) is 39.3 Å². The summed E-state index contributed by atoms with van der Waals surface area (Å²) in [4.78, 5) is 24.5. The predicted molar refractivity (Wildman–Crippen MR) is 190 cm³/mol. The third-order valence-electron chi connectivity index (χ3n) is 10.8. The van der Waals surface area contributed by atoms with Gasteiger partial charge in [-0.25, -0.2) is 13.8 Å². The van der Waals surface area contributed by atoms with Crippen LogP contribution in [0.25, 0.3) is 0 Å². The molecule has 2 unspecified atom stereocenters. The van der Waals surface area contributed by atoms with Crippen molar-refractivity contribution in [1.82, 2.24) is 19.8 Å². The molecular weight excluding hydrogens is 702 g/mol. The minimum Gasteiger partial charge on any atom is -0.506 e. The number of nitrogens with zero attached hydrogens (tertiary/aromatic N) is 4. The second-order valence-electron chi connectivity index (χ2n) is 15.0. The average molecular weight is 747 g/mol. The topological polar surface area (TPSA) is 169 Å². The Morgan fingerprint density at radius 2 is 1.17 bits per heavy atom. The predicted octanol–water partition coefficient (Wildman–Crippen LogP) is 4.29. The summed E-state index contributed by atoms with van der Waals surface area (Å²) in [5.74, 6) is -2.69. The Bertz CT molecular complexity index is 1890. The van der Waals surface area contributed by atoms with Gasteiger partial charge in [-0.1, -0.05) is 24.3 Å². The maximum absolute atomic E-state index is 13.8. The zero-order valence-electron chi connectivity index (χ0n) is 29.5. The molecule has 2 aromatic heterocycles. The van der Waals surface area contributed by atoms with Crippen LogP contribution in [0.1, 0.15) is 48.0 Å². The summed E-state index contributed by atoms with van der Waals surface area (Å²) in [5.41, 5.74) is 0.841. The van der Waals surface area contributed by atoms with Gasteiger partial charge in [-0.05, 0) is 72.2 Å². The van der Waals surface area contributed by atoms with Crippen molar-refractivity contribution in [3.8, 4) is 23.0 Å². The number of β-amino-alcohol motifs (C(OH)–C–C–N with tert-alkyl or cyclic N) is 1. The Morgan fingerprint density at radius 1 is 0.704 bits per heavy atom. The Morgan fingerprint density at radius 3 is 1.61 bits per heavy atom. The standard InChI is InChI=1S/C20H23FN2O4.C20H21FN2O4/c2*21-16-3-1-2-4-19(16)27-20(26)7-13-10-23(11-14(13)8-20)12-18(25)17-6-5-15(24)9-22-17/h1-6,9,13-14,18,24-26H,7-8,10-12H2;1-6,9,13-14,24,26H,7-8,10-12H2/t13-,14+,18-,20?;13-,14+,20?/m1./s1. The molecule has 8 rings (SSSR count). The molecule has 2 aliphatic heterocycles. The van der Waals surface area contributed by atoms with Gasteiger partial charge in [0.1, 0.15) is 23.3 Å². The third-order valence-corrected chi connectivity index (χ3v) is 10.8. The molecule has 0 radical (unpaired) electrons. The maximum atomic E-state index is 13.8. The third kappa shape index (κ3) is 8.79. The van der Waals surface area contributed by atoms with Crippen molar-refractivity contribution in [3.63, 3.8) is 0 Å². The number of pyridine rings is 2. The van der Waals surface area contributed by atoms with Crippen molar-refractivity contribution in [3.05, 3.63) is 108 Å². The molecule has 2 aromatic carbocycles. The van der Waals surface area contributed by atoms with Crippen LogP contribution in [0.15, 0.2) is 85.2 Å². The van der Waals surface area contributed by atoms with E-state index in [0.29, 0.717) is 56.7 Å². The molecule has 2 saturated carbocycles. The van der Waals surface area contributed by atoms with Crippen LogP contribution in [0.2, 0.25) is 0 Å². The lowest BCUT2D eigenvalue weighted by Crippen LogP contribution is -2.37. The molecule has 4 fully saturated rings. The van der Waals surface area contributed by atoms with E-state index < -0.39 is 29.3 Å². The fourth-order valence-corrected chi connectivity index (χ4v) is 8.48. The molecule has 2 saturated heterocycles. The van der Waals surface area contributed by atoms with Gasteiger partial charge in [0.05, 0.1) is 24.6 Å². The van der Waals surface area contributed by atoms with Crippen molar-refractivity contribution in [1.29, 1.82) is 0 Å². The molecular formula is C40H44F2N4O8. The van der Waals surface area contributed by atoms with E-state index in [1.165, 1.54) is 54.9 Å². The minimum absolute atomic E-state index is 0.0244. The van der Waals surface area contributed by atoms with E-state index in [1.807, 2.05) is 0 Å². The number of benzene rings is 2. The van der Waals surface area contributed by atoms with Gasteiger partial charge in [0.15, 0.2) is 28.9 Å². The smallest absolute Gasteiger partial charge is 0.208 e. The van der Waals surface area contributed by atoms with Crippen LogP contribution in [-0.4, -0.2) is 102 Å². The first-order chi connectivity index (χ1) is 25.8. The molecule has 7 atom stereocenters. The van der Waals surface area contributed by atoms with E-state index >= 15 is 0 Å². The van der Waals surface area contributed by atoms with E-state index in [9.17, 15) is 39.1 Å². The van der Waals surface area contributed by atoms with Gasteiger partial charge in [-0.2, -0.15) is 0 Å². The maximum Gasteiger partial charge on any atom is 0.208 e. The van der Waals surface area contributed by atoms with Crippen LogP contribution in [0.5, 0.6) is 23.0 Å². The number of hydrogen-bond donors (Lipinski definition) is 5. The summed E-state index contributed by atoms with van der Waals surface area (Å²) in [5, 5.41) is 50.4. The highest BCUT2D eigenvalue weighted by Crippen LogP contribution is 2.46. The Labute approximate surface area is 311 Å². The summed E-state index contributed by atoms with van der Waals surface area (Å²) >= 11 is 0. The lowest BCUT2D eigenvalue weighted by Gasteiger charge is -2.27. The van der Waals surface area contributed by atoms with Gasteiger partial charge >= 0.3 is 0 Å². The summed E-state index contributed by atoms with van der Waals surface area (Å²) in [6, 6.07) is 18.2. The molecule has 12 nitrogen and oxygen atoms in total. The van der Waals surface area contributed by atoms with Crippen molar-refractivity contribution in [2.45, 2.75) is 43.4 Å². The number of Topliss-reactive ketones (excluding diaryl/α,β-unsaturated/α-hetero) is 1. The van der Waals surface area contributed by atoms with Gasteiger partial charge in [0.2, 0.25) is 11.6 Å². The van der Waals surface area contributed by atoms with Gasteiger partial charge < -0.3 is 35.0 Å². The SMILES string of the molecule is O=C(CN1C[C@@H]2CC(O)(Oc3ccccc3F)C[C@@H]2C1)c1ccc(O)cn1.Oc1ccc([C@H](O)CN2C[C@@H]3CC(O)(Oc4ccccc4F)C[C@@H]3C2)nc1. The second kappa shape index (κ2) is 15.6. The van der Waals surface area contributed by atoms with Gasteiger partial charge in [-0.3, -0.25) is 19.6 Å². The highest BCUT2D eigenvalue weighted by molar-refractivity contribution is 5.95. The van der Waals surface area contributed by atoms with Crippen LogP contribution >= 0.6 is 0 Å². The average Bonchev–Trinajstić information content (AvgIpc) is 3.84. The largest absolute Gasteiger partial charge is 0.506 e. The zero-order valence-corrected chi connectivity index (χ0v) is 29.5. The number of likely N-dealkylation sites (tertiary alicyclic amines) is 2. The Balaban J connectivity index is 0.000000167. The fourth-order valence-electron chi connectivity index (χ4n) is 8.48. The zero-order chi connectivity index (χ0) is 38.0. The van der Waals surface area contributed by atoms with Crippen LogP contribution in [0.4, 0.5) is 8.78 Å². The number of halogens is 2. The number of rotatable bonds is 10. The van der Waals surface area contributed by atoms with E-state index in [1.54, 1.807) is 30.3 Å². The summed E-state index contributed by atoms with van der Waals surface area (Å²) in [7, 11) is 0. The van der Waals surface area contributed by atoms with Crippen molar-refractivity contribution >= 4 is 5.78 Å². The van der Waals surface area contributed by atoms with Crippen LogP contribution in [-0.2, 0) is 0 Å². The quantitative estimate of drug-likeness (QED) is 0.116. The lowest BCUT2D eigenvalue weighted by atomic mass is 10.0. The molecule has 5 N–H and O–H groups in total. The number of aliphatic hydroxyl groups excluding tert-OH is 1. The molecule has 2 aliphatic carbocycles. The Hall–Kier alpha value is -4.73. The van der Waals surface area contributed by atoms with Gasteiger partial charge in [-0.15, -0.1) is 0 Å². The first-order valence-electron chi connectivity index (χ1n) is 18.1. The number of aromatic hydroxyl groups is 2. The first kappa shape index (κ1) is 37.6. The molecule has 14 heteroatoms. The molecule has 4 aromatic rings. The van der Waals surface area contributed by atoms with Crippen molar-refractivity contribution < 1.29 is 48.6 Å². The van der Waals surface area contributed by atoms with E-state index in [4.69, 9.17) is 9.47 Å². The highest BCUT2D eigenvalue weighted by atomic mass is 19.1. The number of aromatic nitrogens is 2. The van der Waals surface area contributed by atoms with Crippen molar-refractivity contribution in [2.24, 2.45) is 23.7 Å². The lowest BCUT2D eigenvalue weighted by molar-refractivity contribution is -0.139. The van der Waals surface area contributed by atoms with Crippen LogP contribution in [0.3, 0.4) is 0 Å². The number of carbonyl (C=O) groups is 1. The van der Waals surface area contributed by atoms with E-state index in [2.05, 4.69) is 19.8 Å². The molecule has 0 bridgehead atoms. The van der Waals surface area contributed by atoms with Gasteiger partial charge in [0.25, 0.3) is 0 Å². The molecule has 0 spiro atoms. The van der Waals surface area contributed by atoms with Crippen LogP contribution < -0.4 is 9.47 Å². The highest BCUT2D eigenvalue weighted by Gasteiger charge is 2.51. The van der Waals surface area contributed by atoms with E-state index in [-0.39, 0.29) is 59.0 Å². The molecule has 54 heavy (non-hydrogen) atoms. The Kier molecular flexibility index (Phi) is 10.8. The normalized spacial score (nSPS) is 28.2. The molecule has 286 valence electrons.